The number of hydrogen-bond donors (Lipinski definition) is 3. The highest BCUT2D eigenvalue weighted by molar-refractivity contribution is 7.85. The van der Waals surface area contributed by atoms with E-state index in [1.807, 2.05) is 0 Å². The summed E-state index contributed by atoms with van der Waals surface area (Å²) in [6.45, 7) is -0.368. The summed E-state index contributed by atoms with van der Waals surface area (Å²) in [4.78, 5) is 9.85. The van der Waals surface area contributed by atoms with Crippen LogP contribution in [0.15, 0.2) is 39.5 Å². The van der Waals surface area contributed by atoms with Gasteiger partial charge < -0.3 is 5.11 Å². The highest BCUT2D eigenvalue weighted by Crippen LogP contribution is 2.16. The first-order valence-electron chi connectivity index (χ1n) is 4.32. The second-order valence-electron chi connectivity index (χ2n) is 2.90. The number of rotatable bonds is 5. The molecule has 0 fully saturated rings. The Kier molecular flexibility index (Phi) is 4.12. The minimum atomic E-state index is -4.22. The maximum absolute atomic E-state index is 10.7. The smallest absolute Gasteiger partial charge is 0.324 e. The molecule has 9 heteroatoms. The molecule has 0 bridgehead atoms. The molecule has 3 N–H and O–H groups in total. The van der Waals surface area contributed by atoms with Crippen LogP contribution >= 0.6 is 0 Å². The van der Waals surface area contributed by atoms with Gasteiger partial charge in [0.25, 0.3) is 10.1 Å². The van der Waals surface area contributed by atoms with Gasteiger partial charge in [0.1, 0.15) is 6.54 Å². The number of hydrogen-bond acceptors (Lipinski definition) is 5. The van der Waals surface area contributed by atoms with Crippen molar-refractivity contribution >= 4 is 21.8 Å². The molecule has 0 aliphatic heterocycles. The molecular formula is C8H9N3O5S. The number of nitrogens with one attached hydrogen (secondary N) is 1. The van der Waals surface area contributed by atoms with E-state index in [1.54, 1.807) is 0 Å². The third-order valence-electron chi connectivity index (χ3n) is 1.60. The molecule has 0 atom stereocenters. The largest absolute Gasteiger partial charge is 0.480 e. The van der Waals surface area contributed by atoms with Gasteiger partial charge in [-0.2, -0.15) is 8.42 Å². The summed E-state index contributed by atoms with van der Waals surface area (Å²) in [7, 11) is -4.22. The molecule has 1 rings (SSSR count). The van der Waals surface area contributed by atoms with Gasteiger partial charge in [-0.3, -0.25) is 14.8 Å². The standard InChI is InChI=1S/C8H9N3O5S/c12-8(13)5-9-11-10-6-1-3-7(4-2-6)17(14,15)16/h1-4H,5H2,(H,9,10)(H,12,13)(H,14,15,16). The molecule has 0 amide bonds. The van der Waals surface area contributed by atoms with Gasteiger partial charge in [0.05, 0.1) is 10.6 Å². The molecule has 0 aliphatic carbocycles. The first-order valence-corrected chi connectivity index (χ1v) is 5.76. The molecule has 92 valence electrons. The van der Waals surface area contributed by atoms with Crippen LogP contribution in [0.3, 0.4) is 0 Å². The second-order valence-corrected chi connectivity index (χ2v) is 4.32. The molecule has 1 aromatic carbocycles. The van der Waals surface area contributed by atoms with Crippen LogP contribution in [-0.2, 0) is 14.9 Å². The fourth-order valence-corrected chi connectivity index (χ4v) is 1.36. The summed E-state index contributed by atoms with van der Waals surface area (Å²) >= 11 is 0. The molecule has 0 spiro atoms. The molecule has 0 radical (unpaired) electrons. The quantitative estimate of drug-likeness (QED) is 0.403. The summed E-state index contributed by atoms with van der Waals surface area (Å²) < 4.78 is 30.1. The van der Waals surface area contributed by atoms with Crippen molar-refractivity contribution in [1.29, 1.82) is 0 Å². The summed E-state index contributed by atoms with van der Waals surface area (Å²) in [5.74, 6) is -1.08. The zero-order chi connectivity index (χ0) is 12.9. The van der Waals surface area contributed by atoms with E-state index in [-0.39, 0.29) is 11.4 Å². The van der Waals surface area contributed by atoms with E-state index in [2.05, 4.69) is 15.8 Å². The number of aliphatic carboxylic acids is 1. The molecule has 0 saturated heterocycles. The maximum atomic E-state index is 10.7. The SMILES string of the molecule is O=C(O)CNN=Nc1ccc(S(=O)(=O)O)cc1. The number of carboxylic acids is 1. The van der Waals surface area contributed by atoms with Crippen LogP contribution in [0.5, 0.6) is 0 Å². The van der Waals surface area contributed by atoms with Gasteiger partial charge in [-0.05, 0) is 24.3 Å². The Morgan fingerprint density at radius 3 is 2.35 bits per heavy atom. The average molecular weight is 259 g/mol. The van der Waals surface area contributed by atoms with E-state index in [9.17, 15) is 13.2 Å². The van der Waals surface area contributed by atoms with Crippen molar-refractivity contribution < 1.29 is 22.9 Å². The van der Waals surface area contributed by atoms with Gasteiger partial charge in [0.2, 0.25) is 0 Å². The van der Waals surface area contributed by atoms with Crippen molar-refractivity contribution in [2.24, 2.45) is 10.3 Å². The highest BCUT2D eigenvalue weighted by Gasteiger charge is 2.07. The fraction of sp³-hybridized carbons (Fsp3) is 0.125. The van der Waals surface area contributed by atoms with E-state index in [0.717, 1.165) is 12.1 Å². The molecule has 8 nitrogen and oxygen atoms in total. The molecule has 0 aromatic heterocycles. The average Bonchev–Trinajstić information content (AvgIpc) is 2.23. The summed E-state index contributed by atoms with van der Waals surface area (Å²) in [5.41, 5.74) is 2.48. The summed E-state index contributed by atoms with van der Waals surface area (Å²) in [6, 6.07) is 4.94. The van der Waals surface area contributed by atoms with Crippen molar-refractivity contribution in [3.8, 4) is 0 Å². The predicted octanol–water partition coefficient (Wildman–Crippen LogP) is 0.606. The lowest BCUT2D eigenvalue weighted by molar-refractivity contribution is -0.135. The van der Waals surface area contributed by atoms with Crippen LogP contribution in [0.25, 0.3) is 0 Å². The molecule has 0 unspecified atom stereocenters. The molecule has 0 saturated carbocycles. The lowest BCUT2D eigenvalue weighted by Gasteiger charge is -1.97. The Balaban J connectivity index is 2.66. The predicted molar refractivity (Wildman–Crippen MR) is 56.4 cm³/mol. The zero-order valence-corrected chi connectivity index (χ0v) is 9.25. The first kappa shape index (κ1) is 13.1. The second kappa shape index (κ2) is 5.37. The topological polar surface area (TPSA) is 128 Å². The van der Waals surface area contributed by atoms with E-state index in [0.29, 0.717) is 5.69 Å². The van der Waals surface area contributed by atoms with Crippen molar-refractivity contribution in [3.63, 3.8) is 0 Å². The Hall–Kier alpha value is -2.00. The van der Waals surface area contributed by atoms with E-state index in [1.165, 1.54) is 12.1 Å². The van der Waals surface area contributed by atoms with Gasteiger partial charge in [-0.15, -0.1) is 5.11 Å². The molecule has 0 heterocycles. The van der Waals surface area contributed by atoms with Crippen molar-refractivity contribution in [1.82, 2.24) is 5.43 Å². The van der Waals surface area contributed by atoms with Crippen molar-refractivity contribution in [3.05, 3.63) is 24.3 Å². The minimum Gasteiger partial charge on any atom is -0.480 e. The van der Waals surface area contributed by atoms with Gasteiger partial charge in [-0.25, -0.2) is 0 Å². The van der Waals surface area contributed by atoms with Crippen LogP contribution in [0, 0.1) is 0 Å². The fourth-order valence-electron chi connectivity index (χ4n) is 0.881. The van der Waals surface area contributed by atoms with E-state index >= 15 is 0 Å². The Morgan fingerprint density at radius 2 is 1.88 bits per heavy atom. The number of carboxylic acid groups (broad SMARTS) is 1. The van der Waals surface area contributed by atoms with Gasteiger partial charge in [0, 0.05) is 0 Å². The van der Waals surface area contributed by atoms with Gasteiger partial charge >= 0.3 is 5.97 Å². The highest BCUT2D eigenvalue weighted by atomic mass is 32.2. The van der Waals surface area contributed by atoms with Crippen LogP contribution < -0.4 is 5.43 Å². The molecule has 1 aromatic rings. The Labute approximate surface area is 96.7 Å². The lowest BCUT2D eigenvalue weighted by atomic mass is 10.3. The summed E-state index contributed by atoms with van der Waals surface area (Å²) in [5, 5.41) is 15.2. The minimum absolute atomic E-state index is 0.255. The zero-order valence-electron chi connectivity index (χ0n) is 8.44. The van der Waals surface area contributed by atoms with Crippen LogP contribution in [0.2, 0.25) is 0 Å². The van der Waals surface area contributed by atoms with Gasteiger partial charge in [-0.1, -0.05) is 5.22 Å². The third-order valence-corrected chi connectivity index (χ3v) is 2.47. The van der Waals surface area contributed by atoms with Crippen LogP contribution in [0.4, 0.5) is 5.69 Å². The third kappa shape index (κ3) is 4.57. The lowest BCUT2D eigenvalue weighted by Crippen LogP contribution is -2.16. The number of nitrogens with zero attached hydrogens (tertiary/aromatic N) is 2. The van der Waals surface area contributed by atoms with Crippen LogP contribution in [0.1, 0.15) is 0 Å². The number of benzene rings is 1. The van der Waals surface area contributed by atoms with Gasteiger partial charge in [0.15, 0.2) is 0 Å². The summed E-state index contributed by atoms with van der Waals surface area (Å²) in [6.07, 6.45) is 0. The maximum Gasteiger partial charge on any atom is 0.324 e. The Morgan fingerprint density at radius 1 is 1.29 bits per heavy atom. The molecular weight excluding hydrogens is 250 g/mol. The van der Waals surface area contributed by atoms with Crippen LogP contribution in [-0.4, -0.2) is 30.6 Å². The monoisotopic (exact) mass is 259 g/mol. The van der Waals surface area contributed by atoms with E-state index < -0.39 is 16.1 Å². The van der Waals surface area contributed by atoms with E-state index in [4.69, 9.17) is 9.66 Å². The number of carbonyl (C=O) groups is 1. The normalized spacial score (nSPS) is 11.6. The van der Waals surface area contributed by atoms with Crippen molar-refractivity contribution in [2.75, 3.05) is 6.54 Å². The molecule has 17 heavy (non-hydrogen) atoms. The first-order chi connectivity index (χ1) is 7.89. The molecule has 0 aliphatic rings. The Bertz CT molecular complexity index is 523. The van der Waals surface area contributed by atoms with Crippen molar-refractivity contribution in [2.45, 2.75) is 4.90 Å².